The number of halogens is 1. The van der Waals surface area contributed by atoms with E-state index in [1.807, 2.05) is 0 Å². The van der Waals surface area contributed by atoms with Gasteiger partial charge in [-0.15, -0.1) is 17.5 Å². The van der Waals surface area contributed by atoms with Crippen LogP contribution in [0.3, 0.4) is 0 Å². The van der Waals surface area contributed by atoms with E-state index in [4.69, 9.17) is 9.57 Å². The number of piperidine rings is 1. The molecule has 3 rings (SSSR count). The van der Waals surface area contributed by atoms with Gasteiger partial charge in [0.05, 0.1) is 32.4 Å². The number of ether oxygens (including phenoxy) is 1. The Kier molecular flexibility index (Phi) is 10.1. The van der Waals surface area contributed by atoms with Crippen molar-refractivity contribution in [2.24, 2.45) is 5.92 Å². The average Bonchev–Trinajstić information content (AvgIpc) is 2.75. The Morgan fingerprint density at radius 3 is 2.50 bits per heavy atom. The van der Waals surface area contributed by atoms with Crippen LogP contribution in [0.4, 0.5) is 4.79 Å². The van der Waals surface area contributed by atoms with Gasteiger partial charge < -0.3 is 25.5 Å². The molecule has 0 aromatic carbocycles. The number of hydrogen-bond donors (Lipinski definition) is 3. The van der Waals surface area contributed by atoms with Crippen LogP contribution in [0.25, 0.3) is 0 Å². The zero-order valence-corrected chi connectivity index (χ0v) is 18.3. The Bertz CT molecular complexity index is 596. The Hall–Kier alpha value is -1.60. The van der Waals surface area contributed by atoms with Crippen LogP contribution in [0, 0.1) is 17.2 Å². The molecule has 3 aliphatic rings. The van der Waals surface area contributed by atoms with Gasteiger partial charge in [0.15, 0.2) is 0 Å². The van der Waals surface area contributed by atoms with E-state index in [9.17, 15) is 14.9 Å². The summed E-state index contributed by atoms with van der Waals surface area (Å²) in [4.78, 5) is 30.9. The average molecular weight is 444 g/mol. The summed E-state index contributed by atoms with van der Waals surface area (Å²) < 4.78 is 5.26. The Balaban J connectivity index is 0.00000320. The van der Waals surface area contributed by atoms with Gasteiger partial charge in [-0.1, -0.05) is 32.1 Å². The number of hydroxylamine groups is 2. The highest BCUT2D eigenvalue weighted by Gasteiger charge is 2.37. The molecule has 0 spiro atoms. The molecule has 1 aliphatic carbocycles. The lowest BCUT2D eigenvalue weighted by molar-refractivity contribution is -0.147. The largest absolute Gasteiger partial charge is 0.426 e. The maximum atomic E-state index is 13.1. The van der Waals surface area contributed by atoms with Crippen molar-refractivity contribution in [3.8, 4) is 6.07 Å². The van der Waals surface area contributed by atoms with E-state index in [1.54, 1.807) is 5.06 Å². The van der Waals surface area contributed by atoms with Crippen molar-refractivity contribution in [1.82, 2.24) is 21.0 Å². The molecule has 1 unspecified atom stereocenters. The van der Waals surface area contributed by atoms with E-state index in [-0.39, 0.29) is 18.3 Å². The molecule has 2 saturated heterocycles. The van der Waals surface area contributed by atoms with Gasteiger partial charge in [0.25, 0.3) is 0 Å². The molecule has 0 aromatic rings. The van der Waals surface area contributed by atoms with Gasteiger partial charge in [0, 0.05) is 0 Å². The van der Waals surface area contributed by atoms with Gasteiger partial charge in [-0.05, 0) is 38.3 Å². The van der Waals surface area contributed by atoms with Gasteiger partial charge in [-0.2, -0.15) is 5.26 Å². The number of carbonyl (C=O) groups excluding carboxylic acids is 2. The molecule has 9 nitrogen and oxygen atoms in total. The molecule has 2 aliphatic heterocycles. The molecular weight excluding hydrogens is 410 g/mol. The van der Waals surface area contributed by atoms with Gasteiger partial charge in [-0.25, -0.2) is 4.79 Å². The number of hydrogen-bond acceptors (Lipinski definition) is 7. The van der Waals surface area contributed by atoms with E-state index in [1.165, 1.54) is 6.42 Å². The number of nitrogens with one attached hydrogen (secondary N) is 3. The van der Waals surface area contributed by atoms with Crippen molar-refractivity contribution < 1.29 is 19.2 Å². The van der Waals surface area contributed by atoms with Gasteiger partial charge in [-0.3, -0.25) is 4.79 Å². The maximum absolute atomic E-state index is 13.1. The number of nitriles is 1. The molecule has 2 heterocycles. The highest BCUT2D eigenvalue weighted by Crippen LogP contribution is 2.28. The number of carbonyl (C=O) groups is 2. The minimum absolute atomic E-state index is 0. The fraction of sp³-hybridized carbons (Fsp3) is 0.850. The minimum atomic E-state index is -0.872. The summed E-state index contributed by atoms with van der Waals surface area (Å²) in [6.45, 7) is 3.42. The predicted octanol–water partition coefficient (Wildman–Crippen LogP) is 1.48. The third-order valence-electron chi connectivity index (χ3n) is 6.12. The summed E-state index contributed by atoms with van der Waals surface area (Å²) in [5, 5.41) is 20.1. The number of nitrogens with zero attached hydrogens (tertiary/aromatic N) is 2. The first kappa shape index (κ1) is 24.7. The zero-order valence-electron chi connectivity index (χ0n) is 17.5. The molecule has 170 valence electrons. The third-order valence-corrected chi connectivity index (χ3v) is 6.12. The van der Waals surface area contributed by atoms with Crippen molar-refractivity contribution in [2.75, 3.05) is 39.4 Å². The third kappa shape index (κ3) is 7.27. The second-order valence-corrected chi connectivity index (χ2v) is 8.29. The monoisotopic (exact) mass is 443 g/mol. The lowest BCUT2D eigenvalue weighted by Gasteiger charge is -2.34. The molecule has 2 amide bonds. The topological polar surface area (TPSA) is 116 Å². The van der Waals surface area contributed by atoms with Crippen molar-refractivity contribution in [3.63, 3.8) is 0 Å². The lowest BCUT2D eigenvalue weighted by atomic mass is 9.84. The fourth-order valence-corrected chi connectivity index (χ4v) is 4.35. The summed E-state index contributed by atoms with van der Waals surface area (Å²) in [5.41, 5.74) is -0.872. The standard InChI is InChI=1S/C20H33N5O4.ClH/c21-15-20(6-8-22-9-7-20)24-18(26)17(14-16-4-2-1-3-5-16)23-19(27)29-25-10-12-28-13-11-25;/h16-17,22H,1-14H2,(H,23,27)(H,24,26);1H. The Morgan fingerprint density at radius 1 is 1.20 bits per heavy atom. The van der Waals surface area contributed by atoms with Crippen LogP contribution in [0.2, 0.25) is 0 Å². The molecule has 10 heteroatoms. The van der Waals surface area contributed by atoms with E-state index in [0.29, 0.717) is 64.6 Å². The normalized spacial score (nSPS) is 23.3. The Labute approximate surface area is 184 Å². The lowest BCUT2D eigenvalue weighted by Crippen LogP contribution is -2.59. The van der Waals surface area contributed by atoms with Crippen molar-refractivity contribution in [2.45, 2.75) is 62.9 Å². The van der Waals surface area contributed by atoms with Crippen molar-refractivity contribution >= 4 is 24.4 Å². The van der Waals surface area contributed by atoms with Crippen LogP contribution in [0.15, 0.2) is 0 Å². The molecule has 1 atom stereocenters. The molecule has 0 bridgehead atoms. The highest BCUT2D eigenvalue weighted by atomic mass is 35.5. The minimum Gasteiger partial charge on any atom is -0.379 e. The van der Waals surface area contributed by atoms with Crippen molar-refractivity contribution in [1.29, 1.82) is 5.26 Å². The van der Waals surface area contributed by atoms with E-state index in [2.05, 4.69) is 22.0 Å². The van der Waals surface area contributed by atoms with Crippen LogP contribution < -0.4 is 16.0 Å². The van der Waals surface area contributed by atoms with Crippen LogP contribution in [0.1, 0.15) is 51.4 Å². The van der Waals surface area contributed by atoms with Crippen LogP contribution >= 0.6 is 12.4 Å². The van der Waals surface area contributed by atoms with Gasteiger partial charge in [0.2, 0.25) is 5.91 Å². The van der Waals surface area contributed by atoms with E-state index < -0.39 is 17.7 Å². The van der Waals surface area contributed by atoms with Crippen LogP contribution in [0.5, 0.6) is 0 Å². The molecule has 1 saturated carbocycles. The summed E-state index contributed by atoms with van der Waals surface area (Å²) in [5.74, 6) is 0.104. The fourth-order valence-electron chi connectivity index (χ4n) is 4.35. The molecule has 0 radical (unpaired) electrons. The number of morpholine rings is 1. The molecule has 30 heavy (non-hydrogen) atoms. The summed E-state index contributed by atoms with van der Waals surface area (Å²) in [6, 6.07) is 1.59. The first-order valence-corrected chi connectivity index (χ1v) is 10.9. The molecule has 3 fully saturated rings. The molecule has 3 N–H and O–H groups in total. The number of rotatable bonds is 6. The zero-order chi connectivity index (χ0) is 20.5. The van der Waals surface area contributed by atoms with E-state index >= 15 is 0 Å². The van der Waals surface area contributed by atoms with Gasteiger partial charge >= 0.3 is 6.09 Å². The molecule has 0 aromatic heterocycles. The summed E-state index contributed by atoms with van der Waals surface area (Å²) >= 11 is 0. The van der Waals surface area contributed by atoms with Crippen LogP contribution in [-0.4, -0.2) is 68.0 Å². The van der Waals surface area contributed by atoms with Crippen LogP contribution in [-0.2, 0) is 14.4 Å². The first-order chi connectivity index (χ1) is 14.1. The van der Waals surface area contributed by atoms with Gasteiger partial charge in [0.1, 0.15) is 11.6 Å². The SMILES string of the molecule is Cl.N#CC1(NC(=O)C(CC2CCCCC2)NC(=O)ON2CCOCC2)CCNCC1. The predicted molar refractivity (Wildman–Crippen MR) is 113 cm³/mol. The Morgan fingerprint density at radius 2 is 1.87 bits per heavy atom. The first-order valence-electron chi connectivity index (χ1n) is 10.9. The van der Waals surface area contributed by atoms with Crippen molar-refractivity contribution in [3.05, 3.63) is 0 Å². The maximum Gasteiger partial charge on any atom is 0.426 e. The van der Waals surface area contributed by atoms with E-state index in [0.717, 1.165) is 25.7 Å². The smallest absolute Gasteiger partial charge is 0.379 e. The second kappa shape index (κ2) is 12.3. The molecular formula is C20H34ClN5O4. The summed E-state index contributed by atoms with van der Waals surface area (Å²) in [6.07, 6.45) is 6.74. The highest BCUT2D eigenvalue weighted by molar-refractivity contribution is 5.86. The summed E-state index contributed by atoms with van der Waals surface area (Å²) in [7, 11) is 0. The second-order valence-electron chi connectivity index (χ2n) is 8.29. The quantitative estimate of drug-likeness (QED) is 0.569. The number of amides is 2.